The lowest BCUT2D eigenvalue weighted by atomic mass is 10.3. The number of carbonyl (C=O) groups excluding carboxylic acids is 1. The molecule has 13 heavy (non-hydrogen) atoms. The van der Waals surface area contributed by atoms with Gasteiger partial charge in [0.1, 0.15) is 9.45 Å². The maximum Gasteiger partial charge on any atom is 0.339 e. The summed E-state index contributed by atoms with van der Waals surface area (Å²) < 4.78 is 5.19. The molecule has 0 fully saturated rings. The Labute approximate surface area is 89.1 Å². The van der Waals surface area contributed by atoms with Gasteiger partial charge in [-0.1, -0.05) is 0 Å². The van der Waals surface area contributed by atoms with Crippen LogP contribution in [0.2, 0.25) is 0 Å². The highest BCUT2D eigenvalue weighted by molar-refractivity contribution is 14.1. The number of pyridine rings is 1. The second-order valence-corrected chi connectivity index (χ2v) is 3.28. The Kier molecular flexibility index (Phi) is 3.47. The first-order valence-corrected chi connectivity index (χ1v) is 4.74. The third kappa shape index (κ3) is 2.55. The van der Waals surface area contributed by atoms with E-state index in [-0.39, 0.29) is 11.3 Å². The smallest absolute Gasteiger partial charge is 0.339 e. The van der Waals surface area contributed by atoms with E-state index in [1.807, 2.05) is 22.6 Å². The van der Waals surface area contributed by atoms with Crippen LogP contribution in [-0.4, -0.2) is 22.7 Å². The molecule has 0 aliphatic rings. The third-order valence-corrected chi connectivity index (χ3v) is 2.16. The highest BCUT2D eigenvalue weighted by Gasteiger charge is 2.09. The molecule has 0 aliphatic carbocycles. The normalized spacial score (nSPS) is 9.69. The summed E-state index contributed by atoms with van der Waals surface area (Å²) in [4.78, 5) is 15.0. The number of nitrogens with zero attached hydrogens (tertiary/aromatic N) is 1. The van der Waals surface area contributed by atoms with Crippen molar-refractivity contribution < 1.29 is 14.6 Å². The van der Waals surface area contributed by atoms with Crippen molar-refractivity contribution in [1.29, 1.82) is 0 Å². The van der Waals surface area contributed by atoms with E-state index < -0.39 is 5.97 Å². The van der Waals surface area contributed by atoms with Crippen LogP contribution < -0.4 is 0 Å². The topological polar surface area (TPSA) is 59.4 Å². The van der Waals surface area contributed by atoms with Crippen LogP contribution in [-0.2, 0) is 4.74 Å². The van der Waals surface area contributed by atoms with E-state index in [2.05, 4.69) is 4.98 Å². The molecular weight excluding hydrogens is 285 g/mol. The van der Waals surface area contributed by atoms with Crippen molar-refractivity contribution in [2.24, 2.45) is 0 Å². The fourth-order valence-electron chi connectivity index (χ4n) is 0.763. The first-order valence-electron chi connectivity index (χ1n) is 3.66. The molecule has 4 nitrogen and oxygen atoms in total. The average molecular weight is 293 g/mol. The second kappa shape index (κ2) is 4.40. The molecule has 0 radical (unpaired) electrons. The van der Waals surface area contributed by atoms with Crippen LogP contribution in [0.5, 0.6) is 5.75 Å². The summed E-state index contributed by atoms with van der Waals surface area (Å²) in [6.07, 6.45) is 1.37. The maximum absolute atomic E-state index is 11.1. The van der Waals surface area contributed by atoms with Crippen LogP contribution in [0.4, 0.5) is 0 Å². The van der Waals surface area contributed by atoms with E-state index in [1.54, 1.807) is 6.92 Å². The minimum atomic E-state index is -0.471. The van der Waals surface area contributed by atoms with Gasteiger partial charge in [0.2, 0.25) is 0 Å². The number of hydrogen-bond acceptors (Lipinski definition) is 4. The number of aromatic hydroxyl groups is 1. The Balaban J connectivity index is 2.90. The zero-order valence-electron chi connectivity index (χ0n) is 6.95. The summed E-state index contributed by atoms with van der Waals surface area (Å²) >= 11 is 1.87. The van der Waals surface area contributed by atoms with Gasteiger partial charge in [-0.15, -0.1) is 0 Å². The average Bonchev–Trinajstić information content (AvgIpc) is 2.10. The molecule has 70 valence electrons. The number of rotatable bonds is 2. The highest BCUT2D eigenvalue weighted by atomic mass is 127. The third-order valence-electron chi connectivity index (χ3n) is 1.33. The van der Waals surface area contributed by atoms with Crippen molar-refractivity contribution >= 4 is 28.6 Å². The van der Waals surface area contributed by atoms with Gasteiger partial charge in [-0.05, 0) is 35.6 Å². The molecule has 0 spiro atoms. The Bertz CT molecular complexity index is 327. The van der Waals surface area contributed by atoms with E-state index in [0.717, 1.165) is 0 Å². The van der Waals surface area contributed by atoms with Crippen molar-refractivity contribution in [1.82, 2.24) is 4.98 Å². The lowest BCUT2D eigenvalue weighted by molar-refractivity contribution is 0.0525. The van der Waals surface area contributed by atoms with Gasteiger partial charge in [-0.3, -0.25) is 0 Å². The van der Waals surface area contributed by atoms with E-state index >= 15 is 0 Å². The van der Waals surface area contributed by atoms with Crippen LogP contribution in [0.25, 0.3) is 0 Å². The van der Waals surface area contributed by atoms with Gasteiger partial charge < -0.3 is 9.84 Å². The molecule has 1 aromatic rings. The molecule has 0 aromatic carbocycles. The van der Waals surface area contributed by atoms with E-state index in [4.69, 9.17) is 4.74 Å². The highest BCUT2D eigenvalue weighted by Crippen LogP contribution is 2.17. The summed E-state index contributed by atoms with van der Waals surface area (Å²) in [5.41, 5.74) is 0.264. The summed E-state index contributed by atoms with van der Waals surface area (Å²) in [6.45, 7) is 2.03. The van der Waals surface area contributed by atoms with Crippen LogP contribution >= 0.6 is 22.6 Å². The second-order valence-electron chi connectivity index (χ2n) is 2.25. The lowest BCUT2D eigenvalue weighted by Crippen LogP contribution is -2.05. The molecule has 5 heteroatoms. The van der Waals surface area contributed by atoms with Crippen molar-refractivity contribution in [2.45, 2.75) is 6.92 Å². The number of esters is 1. The van der Waals surface area contributed by atoms with Crippen LogP contribution in [0.3, 0.4) is 0 Å². The zero-order valence-corrected chi connectivity index (χ0v) is 9.11. The minimum absolute atomic E-state index is 0.00819. The molecule has 1 N–H and O–H groups in total. The summed E-state index contributed by atoms with van der Waals surface area (Å²) in [5.74, 6) is -0.479. The van der Waals surface area contributed by atoms with Gasteiger partial charge in [0.25, 0.3) is 0 Å². The number of halogens is 1. The van der Waals surface area contributed by atoms with Gasteiger partial charge in [0.05, 0.1) is 12.2 Å². The van der Waals surface area contributed by atoms with Crippen LogP contribution in [0, 0.1) is 3.70 Å². The Hall–Kier alpha value is -0.850. The lowest BCUT2D eigenvalue weighted by Gasteiger charge is -2.01. The SMILES string of the molecule is CCOC(=O)c1cnc(I)c(O)c1. The monoisotopic (exact) mass is 293 g/mol. The Morgan fingerprint density at radius 3 is 3.00 bits per heavy atom. The molecule has 0 saturated heterocycles. The quantitative estimate of drug-likeness (QED) is 0.511. The molecule has 0 aliphatic heterocycles. The fourth-order valence-corrected chi connectivity index (χ4v) is 1.06. The van der Waals surface area contributed by atoms with Crippen molar-refractivity contribution in [3.63, 3.8) is 0 Å². The molecule has 0 bridgehead atoms. The summed E-state index contributed by atoms with van der Waals surface area (Å²) in [5, 5.41) is 9.24. The zero-order chi connectivity index (χ0) is 9.84. The predicted octanol–water partition coefficient (Wildman–Crippen LogP) is 1.57. The fraction of sp³-hybridized carbons (Fsp3) is 0.250. The Morgan fingerprint density at radius 1 is 1.77 bits per heavy atom. The summed E-state index contributed by atoms with van der Waals surface area (Å²) in [7, 11) is 0. The maximum atomic E-state index is 11.1. The van der Waals surface area contributed by atoms with Crippen molar-refractivity contribution in [3.8, 4) is 5.75 Å². The minimum Gasteiger partial charge on any atom is -0.505 e. The summed E-state index contributed by atoms with van der Waals surface area (Å²) in [6, 6.07) is 1.34. The van der Waals surface area contributed by atoms with Gasteiger partial charge >= 0.3 is 5.97 Å². The van der Waals surface area contributed by atoms with Gasteiger partial charge in [0.15, 0.2) is 0 Å². The van der Waals surface area contributed by atoms with E-state index in [1.165, 1.54) is 12.3 Å². The van der Waals surface area contributed by atoms with Crippen LogP contribution in [0.15, 0.2) is 12.3 Å². The molecule has 0 amide bonds. The molecule has 1 rings (SSSR count). The molecule has 1 heterocycles. The largest absolute Gasteiger partial charge is 0.505 e. The first-order chi connectivity index (χ1) is 6.15. The molecule has 1 aromatic heterocycles. The number of ether oxygens (including phenoxy) is 1. The molecule has 0 atom stereocenters. The van der Waals surface area contributed by atoms with Crippen molar-refractivity contribution in [3.05, 3.63) is 21.5 Å². The first kappa shape index (κ1) is 10.2. The van der Waals surface area contributed by atoms with E-state index in [0.29, 0.717) is 10.3 Å². The molecule has 0 unspecified atom stereocenters. The van der Waals surface area contributed by atoms with E-state index in [9.17, 15) is 9.90 Å². The predicted molar refractivity (Wildman–Crippen MR) is 54.6 cm³/mol. The van der Waals surface area contributed by atoms with Gasteiger partial charge in [0, 0.05) is 6.20 Å². The number of hydrogen-bond donors (Lipinski definition) is 1. The number of aromatic nitrogens is 1. The molecular formula is C8H8INO3. The number of carbonyl (C=O) groups is 1. The van der Waals surface area contributed by atoms with Gasteiger partial charge in [-0.25, -0.2) is 9.78 Å². The Morgan fingerprint density at radius 2 is 2.46 bits per heavy atom. The molecule has 0 saturated carbocycles. The van der Waals surface area contributed by atoms with Gasteiger partial charge in [-0.2, -0.15) is 0 Å². The standard InChI is InChI=1S/C8H8INO3/c1-2-13-8(12)5-3-6(11)7(9)10-4-5/h3-4,11H,2H2,1H3. The van der Waals surface area contributed by atoms with Crippen molar-refractivity contribution in [2.75, 3.05) is 6.61 Å². The van der Waals surface area contributed by atoms with Crippen LogP contribution in [0.1, 0.15) is 17.3 Å².